The minimum atomic E-state index is 0.937. The van der Waals surface area contributed by atoms with Crippen LogP contribution in [0.4, 0.5) is 0 Å². The van der Waals surface area contributed by atoms with Gasteiger partial charge in [-0.2, -0.15) is 0 Å². The summed E-state index contributed by atoms with van der Waals surface area (Å²) in [7, 11) is 0. The maximum atomic E-state index is 3.97. The van der Waals surface area contributed by atoms with Crippen LogP contribution in [0.3, 0.4) is 0 Å². The molecule has 0 atom stereocenters. The van der Waals surface area contributed by atoms with Gasteiger partial charge in [0, 0.05) is 33.1 Å². The molecule has 5 heteroatoms. The van der Waals surface area contributed by atoms with Crippen LogP contribution >= 0.6 is 54.7 Å². The lowest BCUT2D eigenvalue weighted by Gasteiger charge is -1.97. The van der Waals surface area contributed by atoms with Crippen molar-refractivity contribution in [1.29, 1.82) is 0 Å². The Bertz CT molecular complexity index is 268. The van der Waals surface area contributed by atoms with Crippen molar-refractivity contribution < 1.29 is 0 Å². The molecule has 2 nitrogen and oxygen atoms in total. The van der Waals surface area contributed by atoms with Crippen LogP contribution in [0.1, 0.15) is 5.56 Å². The smallest absolute Gasteiger partial charge is 0.0831 e. The molecule has 0 amide bonds. The first-order valence-corrected chi connectivity index (χ1v) is 5.24. The normalized spacial score (nSPS) is 10.8. The van der Waals surface area contributed by atoms with Crippen LogP contribution in [0, 0.1) is 0 Å². The highest BCUT2D eigenvalue weighted by atomic mass is 127. The van der Waals surface area contributed by atoms with Crippen LogP contribution in [-0.2, 0) is 0 Å². The van der Waals surface area contributed by atoms with E-state index in [1.807, 2.05) is 22.9 Å². The predicted octanol–water partition coefficient (Wildman–Crippen LogP) is 3.38. The van der Waals surface area contributed by atoms with Crippen molar-refractivity contribution in [3.63, 3.8) is 0 Å². The first-order valence-electron chi connectivity index (χ1n) is 2.69. The van der Waals surface area contributed by atoms with Gasteiger partial charge in [-0.1, -0.05) is 0 Å². The van der Waals surface area contributed by atoms with E-state index in [0.717, 1.165) is 14.5 Å². The number of rotatable bonds is 1. The lowest BCUT2D eigenvalue weighted by Crippen LogP contribution is -1.85. The van der Waals surface area contributed by atoms with Crippen LogP contribution in [0.2, 0.25) is 0 Å². The zero-order valence-corrected chi connectivity index (χ0v) is 10.6. The molecule has 0 spiro atoms. The van der Waals surface area contributed by atoms with Gasteiger partial charge >= 0.3 is 0 Å². The number of nitrogens with zero attached hydrogens (tertiary/aromatic N) is 2. The molecule has 0 N–H and O–H groups in total. The van der Waals surface area contributed by atoms with Gasteiger partial charge in [-0.05, 0) is 31.9 Å². The van der Waals surface area contributed by atoms with Crippen LogP contribution in [0.15, 0.2) is 24.5 Å². The summed E-state index contributed by atoms with van der Waals surface area (Å²) in [4.78, 5) is 3.97. The average Bonchev–Trinajstić information content (AvgIpc) is 1.97. The molecule has 1 rings (SSSR count). The van der Waals surface area contributed by atoms with Gasteiger partial charge in [0.1, 0.15) is 0 Å². The van der Waals surface area contributed by atoms with E-state index < -0.39 is 0 Å². The van der Waals surface area contributed by atoms with Crippen molar-refractivity contribution in [1.82, 2.24) is 4.98 Å². The van der Waals surface area contributed by atoms with Gasteiger partial charge in [-0.3, -0.25) is 4.98 Å². The van der Waals surface area contributed by atoms with Crippen LogP contribution in [-0.4, -0.2) is 11.2 Å². The molecule has 1 heterocycles. The Hall–Kier alpha value is 0.510. The summed E-state index contributed by atoms with van der Waals surface area (Å²) in [5.74, 6) is 0. The van der Waals surface area contributed by atoms with Crippen molar-refractivity contribution in [3.8, 4) is 0 Å². The van der Waals surface area contributed by atoms with Gasteiger partial charge < -0.3 is 0 Å². The van der Waals surface area contributed by atoms with Gasteiger partial charge in [0.15, 0.2) is 0 Å². The quantitative estimate of drug-likeness (QED) is 0.534. The molecule has 1 aromatic rings. The number of hydrogen-bond donors (Lipinski definition) is 0. The maximum Gasteiger partial charge on any atom is 0.0831 e. The minimum absolute atomic E-state index is 0.937. The van der Waals surface area contributed by atoms with Gasteiger partial charge in [-0.15, -0.1) is 0 Å². The van der Waals surface area contributed by atoms with Crippen LogP contribution in [0.5, 0.6) is 0 Å². The van der Waals surface area contributed by atoms with Crippen molar-refractivity contribution in [3.05, 3.63) is 26.9 Å². The summed E-state index contributed by atoms with van der Waals surface area (Å²) in [5.41, 5.74) is 1.01. The second-order valence-electron chi connectivity index (χ2n) is 1.74. The molecule has 0 saturated carbocycles. The zero-order chi connectivity index (χ0) is 8.27. The van der Waals surface area contributed by atoms with E-state index in [1.54, 1.807) is 18.6 Å². The van der Waals surface area contributed by atoms with Gasteiger partial charge in [0.25, 0.3) is 0 Å². The van der Waals surface area contributed by atoms with Crippen molar-refractivity contribution >= 4 is 60.9 Å². The molecule has 0 unspecified atom stereocenters. The number of hydrogen-bond acceptors (Lipinski definition) is 2. The standard InChI is InChI=1S/C6H3Br2IN2/c7-5-2-10-3-6(8)4(5)1-11-9/h1-3H. The van der Waals surface area contributed by atoms with E-state index >= 15 is 0 Å². The maximum absolute atomic E-state index is 3.97. The van der Waals surface area contributed by atoms with E-state index in [2.05, 4.69) is 40.0 Å². The summed E-state index contributed by atoms with van der Waals surface area (Å²) >= 11 is 8.65. The Balaban J connectivity index is 3.20. The molecule has 0 fully saturated rings. The molecule has 0 aliphatic carbocycles. The number of pyridine rings is 1. The zero-order valence-electron chi connectivity index (χ0n) is 5.26. The van der Waals surface area contributed by atoms with Crippen molar-refractivity contribution in [2.75, 3.05) is 0 Å². The molecule has 1 aromatic heterocycles. The molecule has 0 aliphatic rings. The molecule has 0 aliphatic heterocycles. The predicted molar refractivity (Wildman–Crippen MR) is 61.3 cm³/mol. The summed E-state index contributed by atoms with van der Waals surface area (Å²) in [6, 6.07) is 0. The highest BCUT2D eigenvalue weighted by Gasteiger charge is 2.00. The molecule has 0 bridgehead atoms. The summed E-state index contributed by atoms with van der Waals surface area (Å²) in [5, 5.41) is 0. The van der Waals surface area contributed by atoms with Gasteiger partial charge in [-0.25, -0.2) is 3.21 Å². The third-order valence-corrected chi connectivity index (χ3v) is 2.61. The Kier molecular flexibility index (Phi) is 3.94. The van der Waals surface area contributed by atoms with Crippen molar-refractivity contribution in [2.24, 2.45) is 3.21 Å². The molecule has 11 heavy (non-hydrogen) atoms. The largest absolute Gasteiger partial charge is 0.262 e. The molecule has 0 saturated heterocycles. The third kappa shape index (κ3) is 2.48. The fourth-order valence-electron chi connectivity index (χ4n) is 0.593. The molecule has 58 valence electrons. The highest BCUT2D eigenvalue weighted by molar-refractivity contribution is 14.1. The average molecular weight is 390 g/mol. The van der Waals surface area contributed by atoms with E-state index in [0.29, 0.717) is 0 Å². The van der Waals surface area contributed by atoms with E-state index in [1.165, 1.54) is 0 Å². The SMILES string of the molecule is Brc1cncc(Br)c1C=NI. The molecular weight excluding hydrogens is 387 g/mol. The lowest BCUT2D eigenvalue weighted by molar-refractivity contribution is 1.28. The third-order valence-electron chi connectivity index (χ3n) is 1.07. The summed E-state index contributed by atoms with van der Waals surface area (Å²) in [6.45, 7) is 0. The molecular formula is C6H3Br2IN2. The first-order chi connectivity index (χ1) is 5.25. The number of halogens is 3. The molecule has 0 aromatic carbocycles. The second-order valence-corrected chi connectivity index (χ2v) is 4.01. The van der Waals surface area contributed by atoms with E-state index in [-0.39, 0.29) is 0 Å². The summed E-state index contributed by atoms with van der Waals surface area (Å²) in [6.07, 6.45) is 5.23. The lowest BCUT2D eigenvalue weighted by atomic mass is 10.3. The second kappa shape index (κ2) is 4.51. The fourth-order valence-corrected chi connectivity index (χ4v) is 2.01. The van der Waals surface area contributed by atoms with Gasteiger partial charge in [0.05, 0.1) is 22.9 Å². The first kappa shape index (κ1) is 9.60. The fraction of sp³-hybridized carbons (Fsp3) is 0. The van der Waals surface area contributed by atoms with Gasteiger partial charge in [0.2, 0.25) is 0 Å². The Morgan fingerprint density at radius 3 is 2.36 bits per heavy atom. The van der Waals surface area contributed by atoms with Crippen LogP contribution < -0.4 is 0 Å². The monoisotopic (exact) mass is 388 g/mol. The minimum Gasteiger partial charge on any atom is -0.262 e. The topological polar surface area (TPSA) is 25.2 Å². The molecule has 0 radical (unpaired) electrons. The number of aromatic nitrogens is 1. The van der Waals surface area contributed by atoms with Crippen molar-refractivity contribution in [2.45, 2.75) is 0 Å². The van der Waals surface area contributed by atoms with E-state index in [4.69, 9.17) is 0 Å². The Labute approximate surface area is 95.3 Å². The Morgan fingerprint density at radius 2 is 1.91 bits per heavy atom. The van der Waals surface area contributed by atoms with Crippen LogP contribution in [0.25, 0.3) is 0 Å². The summed E-state index contributed by atoms with van der Waals surface area (Å²) < 4.78 is 5.76. The highest BCUT2D eigenvalue weighted by Crippen LogP contribution is 2.21. The van der Waals surface area contributed by atoms with E-state index in [9.17, 15) is 0 Å². The Morgan fingerprint density at radius 1 is 1.36 bits per heavy atom.